The standard InChI is InChI=1S/C24H32N2O4SSi/c1-23(2,3)32(20-12-7-5-8-13-20,21-14-9-6-10-15-21)26(31(29)30)19-17-24(4)16-11-18-25(24)22(27)28/h5-10,12-15,17,19H,11,16,18H2,1-4H3,(H,27,28)(H,29,30)/b19-17+/t24-/m0/s1. The molecule has 172 valence electrons. The van der Waals surface area contributed by atoms with Gasteiger partial charge in [0.25, 0.3) is 11.3 Å². The molecule has 2 aromatic rings. The quantitative estimate of drug-likeness (QED) is 0.491. The van der Waals surface area contributed by atoms with E-state index in [-0.39, 0.29) is 5.04 Å². The van der Waals surface area contributed by atoms with Gasteiger partial charge in [0, 0.05) is 12.7 Å². The lowest BCUT2D eigenvalue weighted by Crippen LogP contribution is -2.73. The van der Waals surface area contributed by atoms with E-state index >= 15 is 0 Å². The minimum absolute atomic E-state index is 0.374. The van der Waals surface area contributed by atoms with E-state index in [1.807, 2.05) is 67.6 Å². The van der Waals surface area contributed by atoms with Gasteiger partial charge >= 0.3 is 6.09 Å². The van der Waals surface area contributed by atoms with Crippen LogP contribution in [0.4, 0.5) is 4.79 Å². The molecule has 1 unspecified atom stereocenters. The summed E-state index contributed by atoms with van der Waals surface area (Å²) in [5.41, 5.74) is -0.727. The molecule has 1 amide bonds. The summed E-state index contributed by atoms with van der Waals surface area (Å²) in [7, 11) is -3.07. The summed E-state index contributed by atoms with van der Waals surface area (Å²) < 4.78 is 25.2. The molecule has 2 aromatic carbocycles. The lowest BCUT2D eigenvalue weighted by Gasteiger charge is -2.48. The van der Waals surface area contributed by atoms with Crippen LogP contribution in [0.3, 0.4) is 0 Å². The third kappa shape index (κ3) is 4.27. The number of carbonyl (C=O) groups is 1. The van der Waals surface area contributed by atoms with Crippen molar-refractivity contribution in [1.82, 2.24) is 8.87 Å². The Bertz CT molecular complexity index is 955. The van der Waals surface area contributed by atoms with Gasteiger partial charge in [0.1, 0.15) is 0 Å². The fourth-order valence-electron chi connectivity index (χ4n) is 4.96. The highest BCUT2D eigenvalue weighted by molar-refractivity contribution is 7.79. The minimum Gasteiger partial charge on any atom is -0.465 e. The molecule has 1 fully saturated rings. The van der Waals surface area contributed by atoms with Crippen LogP contribution in [0.1, 0.15) is 40.5 Å². The molecule has 3 rings (SSSR count). The highest BCUT2D eigenvalue weighted by Gasteiger charge is 2.54. The van der Waals surface area contributed by atoms with Gasteiger partial charge in [-0.1, -0.05) is 81.4 Å². The summed E-state index contributed by atoms with van der Waals surface area (Å²) in [5.74, 6) is 0. The summed E-state index contributed by atoms with van der Waals surface area (Å²) >= 11 is -2.32. The number of amides is 1. The highest BCUT2D eigenvalue weighted by Crippen LogP contribution is 2.40. The molecular weight excluding hydrogens is 440 g/mol. The minimum atomic E-state index is -3.07. The lowest BCUT2D eigenvalue weighted by molar-refractivity contribution is 0.126. The van der Waals surface area contributed by atoms with E-state index in [2.05, 4.69) is 20.8 Å². The summed E-state index contributed by atoms with van der Waals surface area (Å²) in [5, 5.41) is 11.3. The molecule has 6 nitrogen and oxygen atoms in total. The average Bonchev–Trinajstić information content (AvgIpc) is 3.13. The number of hydrogen-bond acceptors (Lipinski definition) is 2. The van der Waals surface area contributed by atoms with Gasteiger partial charge in [-0.2, -0.15) is 0 Å². The van der Waals surface area contributed by atoms with Gasteiger partial charge in [-0.25, -0.2) is 9.00 Å². The van der Waals surface area contributed by atoms with Crippen LogP contribution in [-0.2, 0) is 11.3 Å². The first-order valence-corrected chi connectivity index (χ1v) is 13.8. The van der Waals surface area contributed by atoms with Crippen LogP contribution in [0.25, 0.3) is 0 Å². The topological polar surface area (TPSA) is 81.1 Å². The van der Waals surface area contributed by atoms with Crippen LogP contribution in [0.15, 0.2) is 72.9 Å². The zero-order chi connectivity index (χ0) is 23.6. The Balaban J connectivity index is 2.26. The summed E-state index contributed by atoms with van der Waals surface area (Å²) in [4.78, 5) is 13.2. The van der Waals surface area contributed by atoms with Gasteiger partial charge in [-0.3, -0.25) is 13.4 Å². The fraction of sp³-hybridized carbons (Fsp3) is 0.375. The number of benzene rings is 2. The molecule has 2 atom stereocenters. The molecule has 0 bridgehead atoms. The second-order valence-corrected chi connectivity index (χ2v) is 15.2. The van der Waals surface area contributed by atoms with E-state index in [9.17, 15) is 18.7 Å². The molecule has 1 aliphatic rings. The van der Waals surface area contributed by atoms with Crippen LogP contribution in [0.5, 0.6) is 0 Å². The number of rotatable bonds is 6. The van der Waals surface area contributed by atoms with E-state index in [0.717, 1.165) is 16.8 Å². The van der Waals surface area contributed by atoms with Crippen LogP contribution < -0.4 is 10.4 Å². The normalized spacial score (nSPS) is 20.5. The fourth-order valence-corrected chi connectivity index (χ4v) is 12.4. The van der Waals surface area contributed by atoms with Crippen molar-refractivity contribution in [3.8, 4) is 0 Å². The van der Waals surface area contributed by atoms with Crippen LogP contribution in [-0.4, -0.2) is 49.2 Å². The predicted octanol–water partition coefficient (Wildman–Crippen LogP) is 4.03. The second kappa shape index (κ2) is 9.21. The first-order valence-electron chi connectivity index (χ1n) is 10.8. The Labute approximate surface area is 194 Å². The molecular formula is C24H32N2O4SSi. The number of carboxylic acid groups (broad SMARTS) is 1. The zero-order valence-electron chi connectivity index (χ0n) is 19.1. The number of nitrogens with zero attached hydrogens (tertiary/aromatic N) is 2. The van der Waals surface area contributed by atoms with Crippen molar-refractivity contribution in [2.45, 2.75) is 51.1 Å². The molecule has 0 radical (unpaired) electrons. The second-order valence-electron chi connectivity index (χ2n) is 9.46. The smallest absolute Gasteiger partial charge is 0.407 e. The third-order valence-electron chi connectivity index (χ3n) is 6.45. The molecule has 1 heterocycles. The van der Waals surface area contributed by atoms with E-state index < -0.39 is 31.1 Å². The maximum Gasteiger partial charge on any atom is 0.407 e. The van der Waals surface area contributed by atoms with Crippen molar-refractivity contribution >= 4 is 36.0 Å². The third-order valence-corrected chi connectivity index (χ3v) is 13.5. The van der Waals surface area contributed by atoms with E-state index in [1.54, 1.807) is 16.2 Å². The monoisotopic (exact) mass is 472 g/mol. The number of hydrogen-bond donors (Lipinski definition) is 2. The Morgan fingerprint density at radius 1 is 1.09 bits per heavy atom. The largest absolute Gasteiger partial charge is 0.465 e. The van der Waals surface area contributed by atoms with Crippen LogP contribution in [0, 0.1) is 0 Å². The van der Waals surface area contributed by atoms with E-state index in [4.69, 9.17) is 0 Å². The van der Waals surface area contributed by atoms with Gasteiger partial charge in [-0.05, 0) is 41.3 Å². The molecule has 0 aliphatic carbocycles. The van der Waals surface area contributed by atoms with Crippen molar-refractivity contribution in [2.24, 2.45) is 0 Å². The molecule has 32 heavy (non-hydrogen) atoms. The Kier molecular flexibility index (Phi) is 6.97. The maximum atomic E-state index is 13.0. The molecule has 8 heteroatoms. The van der Waals surface area contributed by atoms with Crippen molar-refractivity contribution < 1.29 is 18.7 Å². The average molecular weight is 473 g/mol. The summed E-state index contributed by atoms with van der Waals surface area (Å²) in [6.07, 6.45) is 3.92. The van der Waals surface area contributed by atoms with Crippen molar-refractivity contribution in [3.05, 3.63) is 72.9 Å². The van der Waals surface area contributed by atoms with Gasteiger partial charge in [-0.15, -0.1) is 0 Å². The molecule has 2 N–H and O–H groups in total. The van der Waals surface area contributed by atoms with E-state index in [1.165, 1.54) is 4.90 Å². The highest BCUT2D eigenvalue weighted by atomic mass is 32.2. The maximum absolute atomic E-state index is 13.0. The summed E-state index contributed by atoms with van der Waals surface area (Å²) in [6, 6.07) is 19.8. The summed E-state index contributed by atoms with van der Waals surface area (Å²) in [6.45, 7) is 8.64. The Morgan fingerprint density at radius 2 is 1.59 bits per heavy atom. The lowest BCUT2D eigenvalue weighted by atomic mass is 9.99. The first kappa shape index (κ1) is 24.2. The van der Waals surface area contributed by atoms with Gasteiger partial charge in [0.15, 0.2) is 0 Å². The predicted molar refractivity (Wildman–Crippen MR) is 132 cm³/mol. The van der Waals surface area contributed by atoms with E-state index in [0.29, 0.717) is 13.0 Å². The molecule has 0 saturated carbocycles. The Morgan fingerprint density at radius 3 is 2.00 bits per heavy atom. The van der Waals surface area contributed by atoms with Crippen LogP contribution in [0.2, 0.25) is 5.04 Å². The SMILES string of the molecule is CC(C)(C)[Si](c1ccccc1)(c1ccccc1)N(/C=C/[C@]1(C)CCCN1C(=O)O)S(=O)O. The molecule has 0 aromatic heterocycles. The molecule has 1 aliphatic heterocycles. The molecule has 0 spiro atoms. The van der Waals surface area contributed by atoms with Gasteiger partial charge in [0.05, 0.1) is 5.54 Å². The molecule has 1 saturated heterocycles. The van der Waals surface area contributed by atoms with Crippen molar-refractivity contribution in [3.63, 3.8) is 0 Å². The number of likely N-dealkylation sites (tertiary alicyclic amines) is 1. The Hall–Kier alpha value is -2.42. The zero-order valence-corrected chi connectivity index (χ0v) is 20.9. The first-order chi connectivity index (χ1) is 15.0. The van der Waals surface area contributed by atoms with Crippen molar-refractivity contribution in [2.75, 3.05) is 6.54 Å². The van der Waals surface area contributed by atoms with Gasteiger partial charge < -0.3 is 5.11 Å². The van der Waals surface area contributed by atoms with Gasteiger partial charge in [0.2, 0.25) is 8.24 Å². The van der Waals surface area contributed by atoms with Crippen LogP contribution >= 0.6 is 0 Å². The van der Waals surface area contributed by atoms with Crippen molar-refractivity contribution in [1.29, 1.82) is 0 Å².